The van der Waals surface area contributed by atoms with Crippen molar-refractivity contribution in [3.05, 3.63) is 64.2 Å². The van der Waals surface area contributed by atoms with Gasteiger partial charge in [0.2, 0.25) is 0 Å². The number of nitrogens with zero attached hydrogens (tertiary/aromatic N) is 3. The maximum atomic E-state index is 12.3. The maximum absolute atomic E-state index is 12.3. The highest BCUT2D eigenvalue weighted by atomic mass is 16.6. The lowest BCUT2D eigenvalue weighted by molar-refractivity contribution is -0.384. The Morgan fingerprint density at radius 3 is 2.20 bits per heavy atom. The van der Waals surface area contributed by atoms with E-state index >= 15 is 0 Å². The highest BCUT2D eigenvalue weighted by Gasteiger charge is 2.35. The van der Waals surface area contributed by atoms with Crippen molar-refractivity contribution in [3.8, 4) is 5.75 Å². The molecule has 156 valence electrons. The van der Waals surface area contributed by atoms with Crippen molar-refractivity contribution in [2.24, 2.45) is 0 Å². The summed E-state index contributed by atoms with van der Waals surface area (Å²) in [6.07, 6.45) is 2.62. The molecule has 0 saturated carbocycles. The molecular formula is C22H23N3O5. The molecule has 0 aliphatic carbocycles. The molecule has 3 heterocycles. The Kier molecular flexibility index (Phi) is 4.78. The van der Waals surface area contributed by atoms with Crippen LogP contribution in [0, 0.1) is 10.1 Å². The molecule has 0 unspecified atom stereocenters. The van der Waals surface area contributed by atoms with E-state index in [-0.39, 0.29) is 5.69 Å². The Bertz CT molecular complexity index is 928. The molecule has 0 spiro atoms. The van der Waals surface area contributed by atoms with Crippen LogP contribution in [0.15, 0.2) is 48.5 Å². The normalized spacial score (nSPS) is 23.2. The number of non-ortho nitro benzene ring substituents is 1. The van der Waals surface area contributed by atoms with Gasteiger partial charge in [0, 0.05) is 49.9 Å². The molecule has 3 aliphatic heterocycles. The smallest absolute Gasteiger partial charge is 0.410 e. The second kappa shape index (κ2) is 7.60. The summed E-state index contributed by atoms with van der Waals surface area (Å²) < 4.78 is 11.2. The first-order valence-corrected chi connectivity index (χ1v) is 10.3. The standard InChI is InChI=1S/C22H23N3O5/c26-22(30-19-7-5-18(6-8-19)25(27)28)24-11-16(12-24)15-1-3-17(4-2-15)23-13-20-9-10-21(14-23)29-20/h1-8,16,20-21H,9-14H2/t20-,21+. The number of carbonyl (C=O) groups is 1. The molecule has 8 heteroatoms. The predicted octanol–water partition coefficient (Wildman–Crippen LogP) is 3.56. The number of nitro groups is 1. The lowest BCUT2D eigenvalue weighted by Crippen LogP contribution is -2.49. The minimum absolute atomic E-state index is 0.0352. The average Bonchev–Trinajstić information content (AvgIpc) is 3.05. The Balaban J connectivity index is 1.14. The van der Waals surface area contributed by atoms with Gasteiger partial charge in [-0.25, -0.2) is 4.79 Å². The van der Waals surface area contributed by atoms with Gasteiger partial charge in [-0.2, -0.15) is 0 Å². The van der Waals surface area contributed by atoms with E-state index < -0.39 is 11.0 Å². The SMILES string of the molecule is O=C(Oc1ccc([N+](=O)[O-])cc1)N1CC(c2ccc(N3C[C@H]4CC[C@@H](C3)O4)cc2)C1. The van der Waals surface area contributed by atoms with Crippen LogP contribution in [0.1, 0.15) is 24.3 Å². The molecule has 2 aromatic carbocycles. The number of hydrogen-bond donors (Lipinski definition) is 0. The number of likely N-dealkylation sites (tertiary alicyclic amines) is 1. The lowest BCUT2D eigenvalue weighted by Gasteiger charge is -2.39. The van der Waals surface area contributed by atoms with Gasteiger partial charge in [-0.15, -0.1) is 0 Å². The topological polar surface area (TPSA) is 85.1 Å². The van der Waals surface area contributed by atoms with Crippen LogP contribution in [0.25, 0.3) is 0 Å². The Labute approximate surface area is 174 Å². The third-order valence-electron chi connectivity index (χ3n) is 6.17. The third kappa shape index (κ3) is 3.70. The molecule has 3 aliphatic rings. The Morgan fingerprint density at radius 2 is 1.60 bits per heavy atom. The minimum Gasteiger partial charge on any atom is -0.410 e. The van der Waals surface area contributed by atoms with Gasteiger partial charge >= 0.3 is 6.09 Å². The van der Waals surface area contributed by atoms with Gasteiger partial charge < -0.3 is 19.3 Å². The van der Waals surface area contributed by atoms with E-state index in [0.29, 0.717) is 37.0 Å². The third-order valence-corrected chi connectivity index (χ3v) is 6.17. The van der Waals surface area contributed by atoms with Gasteiger partial charge in [0.05, 0.1) is 17.1 Å². The van der Waals surface area contributed by atoms with E-state index in [1.165, 1.54) is 35.5 Å². The van der Waals surface area contributed by atoms with Crippen molar-refractivity contribution in [1.82, 2.24) is 4.90 Å². The number of benzene rings is 2. The number of nitro benzene ring substituents is 1. The lowest BCUT2D eigenvalue weighted by atomic mass is 9.91. The van der Waals surface area contributed by atoms with Crippen molar-refractivity contribution in [1.29, 1.82) is 0 Å². The van der Waals surface area contributed by atoms with E-state index in [4.69, 9.17) is 9.47 Å². The molecule has 3 fully saturated rings. The van der Waals surface area contributed by atoms with Gasteiger partial charge in [-0.05, 0) is 42.7 Å². The summed E-state index contributed by atoms with van der Waals surface area (Å²) in [5, 5.41) is 10.7. The van der Waals surface area contributed by atoms with Gasteiger partial charge in [0.1, 0.15) is 5.75 Å². The first kappa shape index (κ1) is 18.9. The van der Waals surface area contributed by atoms with Crippen LogP contribution in [0.3, 0.4) is 0 Å². The zero-order valence-corrected chi connectivity index (χ0v) is 16.5. The Morgan fingerprint density at radius 1 is 0.967 bits per heavy atom. The molecule has 30 heavy (non-hydrogen) atoms. The largest absolute Gasteiger partial charge is 0.415 e. The number of hydrogen-bond acceptors (Lipinski definition) is 6. The molecule has 0 N–H and O–H groups in total. The van der Waals surface area contributed by atoms with Crippen molar-refractivity contribution in [2.75, 3.05) is 31.1 Å². The number of amides is 1. The van der Waals surface area contributed by atoms with Gasteiger partial charge in [-0.1, -0.05) is 12.1 Å². The number of carbonyl (C=O) groups excluding carboxylic acids is 1. The van der Waals surface area contributed by atoms with Crippen molar-refractivity contribution >= 4 is 17.5 Å². The number of fused-ring (bicyclic) bond motifs is 2. The second-order valence-corrected chi connectivity index (χ2v) is 8.17. The predicted molar refractivity (Wildman–Crippen MR) is 110 cm³/mol. The molecule has 0 radical (unpaired) electrons. The summed E-state index contributed by atoms with van der Waals surface area (Å²) in [5.74, 6) is 0.599. The monoisotopic (exact) mass is 409 g/mol. The number of ether oxygens (including phenoxy) is 2. The molecule has 2 aromatic rings. The fourth-order valence-corrected chi connectivity index (χ4v) is 4.42. The highest BCUT2D eigenvalue weighted by molar-refractivity contribution is 5.72. The van der Waals surface area contributed by atoms with E-state index in [1.807, 2.05) is 0 Å². The Hall–Kier alpha value is -3.13. The van der Waals surface area contributed by atoms with Crippen LogP contribution in [0.2, 0.25) is 0 Å². The maximum Gasteiger partial charge on any atom is 0.415 e. The fourth-order valence-electron chi connectivity index (χ4n) is 4.42. The molecule has 2 atom stereocenters. The van der Waals surface area contributed by atoms with Crippen LogP contribution in [-0.4, -0.2) is 54.3 Å². The van der Waals surface area contributed by atoms with Crippen LogP contribution in [0.5, 0.6) is 5.75 Å². The molecule has 1 amide bonds. The van der Waals surface area contributed by atoms with Gasteiger partial charge in [0.15, 0.2) is 0 Å². The number of morpholine rings is 1. The van der Waals surface area contributed by atoms with Crippen LogP contribution in [0.4, 0.5) is 16.2 Å². The van der Waals surface area contributed by atoms with Gasteiger partial charge in [-0.3, -0.25) is 10.1 Å². The summed E-state index contributed by atoms with van der Waals surface area (Å²) >= 11 is 0. The average molecular weight is 409 g/mol. The van der Waals surface area contributed by atoms with Crippen LogP contribution in [-0.2, 0) is 4.74 Å². The van der Waals surface area contributed by atoms with E-state index in [1.54, 1.807) is 4.90 Å². The van der Waals surface area contributed by atoms with E-state index in [0.717, 1.165) is 25.9 Å². The molecule has 2 bridgehead atoms. The minimum atomic E-state index is -0.486. The number of anilines is 1. The van der Waals surface area contributed by atoms with Crippen molar-refractivity contribution in [2.45, 2.75) is 31.0 Å². The summed E-state index contributed by atoms with van der Waals surface area (Å²) in [6, 6.07) is 14.1. The first-order chi connectivity index (χ1) is 14.5. The van der Waals surface area contributed by atoms with E-state index in [9.17, 15) is 14.9 Å². The fraction of sp³-hybridized carbons (Fsp3) is 0.409. The van der Waals surface area contributed by atoms with E-state index in [2.05, 4.69) is 29.2 Å². The molecule has 8 nitrogen and oxygen atoms in total. The van der Waals surface area contributed by atoms with Crippen molar-refractivity contribution in [3.63, 3.8) is 0 Å². The van der Waals surface area contributed by atoms with Gasteiger partial charge in [0.25, 0.3) is 5.69 Å². The highest BCUT2D eigenvalue weighted by Crippen LogP contribution is 2.32. The second-order valence-electron chi connectivity index (χ2n) is 8.17. The van der Waals surface area contributed by atoms with Crippen LogP contribution < -0.4 is 9.64 Å². The molecule has 0 aromatic heterocycles. The number of rotatable bonds is 4. The first-order valence-electron chi connectivity index (χ1n) is 10.3. The molecule has 5 rings (SSSR count). The summed E-state index contributed by atoms with van der Waals surface area (Å²) in [6.45, 7) is 3.13. The quantitative estimate of drug-likeness (QED) is 0.567. The molecular weight excluding hydrogens is 386 g/mol. The summed E-state index contributed by atoms with van der Waals surface area (Å²) in [4.78, 5) is 26.5. The molecule has 3 saturated heterocycles. The van der Waals surface area contributed by atoms with Crippen LogP contribution >= 0.6 is 0 Å². The van der Waals surface area contributed by atoms with Crippen molar-refractivity contribution < 1.29 is 19.2 Å². The zero-order chi connectivity index (χ0) is 20.7. The summed E-state index contributed by atoms with van der Waals surface area (Å²) in [7, 11) is 0. The zero-order valence-electron chi connectivity index (χ0n) is 16.5. The summed E-state index contributed by atoms with van der Waals surface area (Å²) in [5.41, 5.74) is 2.41.